The maximum Gasteiger partial charge on any atom is 0.219 e. The molecule has 0 aliphatic carbocycles. The summed E-state index contributed by atoms with van der Waals surface area (Å²) in [5.41, 5.74) is 0. The van der Waals surface area contributed by atoms with Gasteiger partial charge in [0, 0.05) is 0 Å². The van der Waals surface area contributed by atoms with Crippen LogP contribution in [0.5, 0.6) is 0 Å². The van der Waals surface area contributed by atoms with Crippen LogP contribution in [0.1, 0.15) is 0 Å². The van der Waals surface area contributed by atoms with E-state index in [2.05, 4.69) is 0 Å². The monoisotopic (exact) mass is 342 g/mol. The van der Waals surface area contributed by atoms with Crippen molar-refractivity contribution in [2.45, 2.75) is 54.8 Å². The fourth-order valence-corrected chi connectivity index (χ4v) is 2.63. The SMILES string of the molecule is OC[C@H]1OC(O[C@@H]2[C@@H](CO)O[C@](O)(CO)[C@H]2O)[C@H](O)[C@@H](O)[C@H]1O. The highest BCUT2D eigenvalue weighted by molar-refractivity contribution is 4.98. The van der Waals surface area contributed by atoms with Gasteiger partial charge < -0.3 is 55.1 Å². The molecule has 2 fully saturated rings. The van der Waals surface area contributed by atoms with Crippen LogP contribution in [-0.4, -0.2) is 115 Å². The molecular weight excluding hydrogens is 320 g/mol. The molecule has 9 atom stereocenters. The smallest absolute Gasteiger partial charge is 0.219 e. The maximum absolute atomic E-state index is 10.00. The van der Waals surface area contributed by atoms with Crippen molar-refractivity contribution in [3.63, 3.8) is 0 Å². The molecule has 0 saturated carbocycles. The lowest BCUT2D eigenvalue weighted by Gasteiger charge is -2.41. The van der Waals surface area contributed by atoms with Gasteiger partial charge in [-0.15, -0.1) is 0 Å². The number of ether oxygens (including phenoxy) is 3. The van der Waals surface area contributed by atoms with Crippen LogP contribution in [0.15, 0.2) is 0 Å². The van der Waals surface area contributed by atoms with Gasteiger partial charge >= 0.3 is 0 Å². The van der Waals surface area contributed by atoms with Gasteiger partial charge in [-0.05, 0) is 0 Å². The molecule has 1 unspecified atom stereocenters. The summed E-state index contributed by atoms with van der Waals surface area (Å²) in [7, 11) is 0. The van der Waals surface area contributed by atoms with E-state index < -0.39 is 74.6 Å². The van der Waals surface area contributed by atoms with Crippen molar-refractivity contribution >= 4 is 0 Å². The minimum Gasteiger partial charge on any atom is -0.394 e. The number of hydrogen-bond acceptors (Lipinski definition) is 11. The Labute approximate surface area is 130 Å². The van der Waals surface area contributed by atoms with Crippen LogP contribution in [0.25, 0.3) is 0 Å². The van der Waals surface area contributed by atoms with E-state index in [0.29, 0.717) is 0 Å². The number of aliphatic hydroxyl groups excluding tert-OH is 7. The van der Waals surface area contributed by atoms with E-state index in [4.69, 9.17) is 24.4 Å². The van der Waals surface area contributed by atoms with Crippen molar-refractivity contribution in [2.75, 3.05) is 19.8 Å². The molecule has 23 heavy (non-hydrogen) atoms. The minimum absolute atomic E-state index is 0.668. The molecule has 0 bridgehead atoms. The van der Waals surface area contributed by atoms with Crippen molar-refractivity contribution in [2.24, 2.45) is 0 Å². The molecule has 11 heteroatoms. The first-order valence-corrected chi connectivity index (χ1v) is 7.05. The molecule has 0 amide bonds. The minimum atomic E-state index is -2.37. The highest BCUT2D eigenvalue weighted by Gasteiger charge is 2.56. The fourth-order valence-electron chi connectivity index (χ4n) is 2.63. The summed E-state index contributed by atoms with van der Waals surface area (Å²) in [5.74, 6) is -2.37. The Bertz CT molecular complexity index is 393. The normalized spacial score (nSPS) is 51.1. The van der Waals surface area contributed by atoms with Crippen LogP contribution < -0.4 is 0 Å². The number of rotatable bonds is 5. The van der Waals surface area contributed by atoms with Gasteiger partial charge in [-0.25, -0.2) is 0 Å². The largest absolute Gasteiger partial charge is 0.394 e. The Balaban J connectivity index is 2.13. The van der Waals surface area contributed by atoms with E-state index >= 15 is 0 Å². The van der Waals surface area contributed by atoms with Gasteiger partial charge in [0.2, 0.25) is 5.79 Å². The van der Waals surface area contributed by atoms with Crippen LogP contribution >= 0.6 is 0 Å². The molecule has 2 aliphatic rings. The zero-order valence-electron chi connectivity index (χ0n) is 12.0. The van der Waals surface area contributed by atoms with Gasteiger partial charge in [0.05, 0.1) is 19.8 Å². The molecule has 2 heterocycles. The lowest BCUT2D eigenvalue weighted by atomic mass is 9.99. The quantitative estimate of drug-likeness (QED) is 0.238. The van der Waals surface area contributed by atoms with Crippen molar-refractivity contribution in [3.05, 3.63) is 0 Å². The molecule has 8 N–H and O–H groups in total. The number of hydrogen-bond donors (Lipinski definition) is 8. The van der Waals surface area contributed by atoms with Gasteiger partial charge in [0.25, 0.3) is 0 Å². The van der Waals surface area contributed by atoms with E-state index in [1.165, 1.54) is 0 Å². The van der Waals surface area contributed by atoms with Crippen LogP contribution in [0.2, 0.25) is 0 Å². The summed E-state index contributed by atoms with van der Waals surface area (Å²) < 4.78 is 15.3. The summed E-state index contributed by atoms with van der Waals surface area (Å²) >= 11 is 0. The molecule has 0 aromatic heterocycles. The predicted octanol–water partition coefficient (Wildman–Crippen LogP) is -5.40. The van der Waals surface area contributed by atoms with E-state index in [9.17, 15) is 30.6 Å². The second-order valence-corrected chi connectivity index (χ2v) is 5.58. The van der Waals surface area contributed by atoms with Gasteiger partial charge in [0.1, 0.15) is 42.7 Å². The van der Waals surface area contributed by atoms with Crippen LogP contribution in [-0.2, 0) is 14.2 Å². The van der Waals surface area contributed by atoms with Crippen molar-refractivity contribution < 1.29 is 55.1 Å². The average Bonchev–Trinajstić information content (AvgIpc) is 2.80. The molecule has 2 rings (SSSR count). The van der Waals surface area contributed by atoms with Crippen molar-refractivity contribution in [1.29, 1.82) is 0 Å². The zero-order valence-corrected chi connectivity index (χ0v) is 12.0. The first kappa shape index (κ1) is 18.9. The molecule has 0 aromatic carbocycles. The van der Waals surface area contributed by atoms with Gasteiger partial charge in [-0.2, -0.15) is 0 Å². The van der Waals surface area contributed by atoms with Gasteiger partial charge in [-0.1, -0.05) is 0 Å². The molecule has 136 valence electrons. The molecule has 0 aromatic rings. The summed E-state index contributed by atoms with van der Waals surface area (Å²) in [4.78, 5) is 0. The lowest BCUT2D eigenvalue weighted by molar-refractivity contribution is -0.318. The molecule has 0 radical (unpaired) electrons. The topological polar surface area (TPSA) is 190 Å². The Hall–Kier alpha value is -0.440. The molecular formula is C12H22O11. The second kappa shape index (κ2) is 7.21. The summed E-state index contributed by atoms with van der Waals surface area (Å²) in [6.45, 7) is -2.32. The highest BCUT2D eigenvalue weighted by atomic mass is 16.7. The van der Waals surface area contributed by atoms with Crippen LogP contribution in [0.3, 0.4) is 0 Å². The summed E-state index contributed by atoms with van der Waals surface area (Å²) in [6.07, 6.45) is -12.2. The summed E-state index contributed by atoms with van der Waals surface area (Å²) in [5, 5.41) is 76.5. The third-order valence-corrected chi connectivity index (χ3v) is 4.04. The Morgan fingerprint density at radius 3 is 2.00 bits per heavy atom. The van der Waals surface area contributed by atoms with E-state index in [1.807, 2.05) is 0 Å². The fraction of sp³-hybridized carbons (Fsp3) is 1.00. The first-order valence-electron chi connectivity index (χ1n) is 7.05. The molecule has 2 aliphatic heterocycles. The third-order valence-electron chi connectivity index (χ3n) is 4.04. The zero-order chi connectivity index (χ0) is 17.4. The molecule has 0 spiro atoms. The predicted molar refractivity (Wildman–Crippen MR) is 68.6 cm³/mol. The third kappa shape index (κ3) is 3.36. The standard InChI is InChI=1S/C12H22O11/c13-1-4-6(16)7(17)8(18)11(21-4)22-9-5(2-14)23-12(20,3-15)10(9)19/h4-11,13-20H,1-3H2/t4-,5-,6+,7+,8-,9-,10+,11?,12-/m1/s1. The van der Waals surface area contributed by atoms with Gasteiger partial charge in [-0.3, -0.25) is 0 Å². The van der Waals surface area contributed by atoms with E-state index in [-0.39, 0.29) is 0 Å². The Morgan fingerprint density at radius 1 is 0.870 bits per heavy atom. The Kier molecular flexibility index (Phi) is 5.92. The highest BCUT2D eigenvalue weighted by Crippen LogP contribution is 2.33. The maximum atomic E-state index is 10.00. The van der Waals surface area contributed by atoms with Crippen molar-refractivity contribution in [3.8, 4) is 0 Å². The average molecular weight is 342 g/mol. The van der Waals surface area contributed by atoms with Gasteiger partial charge in [0.15, 0.2) is 6.29 Å². The molecule has 2 saturated heterocycles. The van der Waals surface area contributed by atoms with Crippen molar-refractivity contribution in [1.82, 2.24) is 0 Å². The van der Waals surface area contributed by atoms with Crippen LogP contribution in [0.4, 0.5) is 0 Å². The van der Waals surface area contributed by atoms with E-state index in [0.717, 1.165) is 0 Å². The Morgan fingerprint density at radius 2 is 1.48 bits per heavy atom. The van der Waals surface area contributed by atoms with E-state index in [1.54, 1.807) is 0 Å². The molecule has 11 nitrogen and oxygen atoms in total. The summed E-state index contributed by atoms with van der Waals surface area (Å²) in [6, 6.07) is 0. The lowest BCUT2D eigenvalue weighted by Crippen LogP contribution is -2.60. The number of aliphatic hydroxyl groups is 8. The van der Waals surface area contributed by atoms with Crippen LogP contribution in [0, 0.1) is 0 Å². The second-order valence-electron chi connectivity index (χ2n) is 5.58. The first-order chi connectivity index (χ1) is 10.8.